The van der Waals surface area contributed by atoms with Crippen LogP contribution in [0.3, 0.4) is 0 Å². The molecule has 1 aromatic rings. The first kappa shape index (κ1) is 11.5. The molecule has 0 radical (unpaired) electrons. The highest BCUT2D eigenvalue weighted by Crippen LogP contribution is 2.41. The lowest BCUT2D eigenvalue weighted by Crippen LogP contribution is -2.48. The zero-order valence-corrected chi connectivity index (χ0v) is 10.3. The average molecular weight is 247 g/mol. The van der Waals surface area contributed by atoms with E-state index < -0.39 is 6.09 Å². The zero-order chi connectivity index (χ0) is 12.6. The van der Waals surface area contributed by atoms with Crippen LogP contribution in [0.4, 0.5) is 4.79 Å². The fraction of sp³-hybridized carbons (Fsp3) is 0.500. The lowest BCUT2D eigenvalue weighted by atomic mass is 9.79. The molecule has 0 unspecified atom stereocenters. The molecule has 4 heteroatoms. The number of hydrogen-bond acceptors (Lipinski definition) is 2. The molecule has 1 amide bonds. The Morgan fingerprint density at radius 1 is 1.28 bits per heavy atom. The van der Waals surface area contributed by atoms with Crippen LogP contribution in [0.25, 0.3) is 0 Å². The van der Waals surface area contributed by atoms with Crippen molar-refractivity contribution in [3.05, 3.63) is 35.4 Å². The van der Waals surface area contributed by atoms with E-state index in [1.807, 2.05) is 6.07 Å². The zero-order valence-electron chi connectivity index (χ0n) is 10.3. The van der Waals surface area contributed by atoms with Gasteiger partial charge in [0.15, 0.2) is 0 Å². The van der Waals surface area contributed by atoms with E-state index in [4.69, 9.17) is 9.84 Å². The molecule has 1 saturated heterocycles. The summed E-state index contributed by atoms with van der Waals surface area (Å²) < 4.78 is 6.04. The number of nitrogens with zero attached hydrogens (tertiary/aromatic N) is 1. The number of piperidine rings is 1. The third-order valence-electron chi connectivity index (χ3n) is 4.10. The number of ether oxygens (including phenoxy) is 1. The number of amides is 1. The molecule has 1 fully saturated rings. The highest BCUT2D eigenvalue weighted by Gasteiger charge is 2.41. The maximum absolute atomic E-state index is 11.0. The monoisotopic (exact) mass is 247 g/mol. The molecule has 0 aliphatic carbocycles. The fourth-order valence-corrected chi connectivity index (χ4v) is 3.09. The molecule has 1 spiro atoms. The van der Waals surface area contributed by atoms with Crippen molar-refractivity contribution in [1.29, 1.82) is 0 Å². The third-order valence-corrected chi connectivity index (χ3v) is 4.10. The van der Waals surface area contributed by atoms with Crippen LogP contribution >= 0.6 is 0 Å². The molecule has 0 atom stereocenters. The highest BCUT2D eigenvalue weighted by atomic mass is 16.5. The van der Waals surface area contributed by atoms with Crippen LogP contribution in [-0.4, -0.2) is 35.8 Å². The second-order valence-electron chi connectivity index (χ2n) is 5.02. The quantitative estimate of drug-likeness (QED) is 0.764. The Balaban J connectivity index is 1.88. The van der Waals surface area contributed by atoms with Gasteiger partial charge in [0.25, 0.3) is 0 Å². The lowest BCUT2D eigenvalue weighted by Gasteiger charge is -2.44. The molecule has 18 heavy (non-hydrogen) atoms. The van der Waals surface area contributed by atoms with Crippen LogP contribution in [0, 0.1) is 0 Å². The SMILES string of the molecule is O=C(O)N1CCC2(CC1)OCCc1ccccc12. The predicted octanol–water partition coefficient (Wildman–Crippen LogP) is 2.23. The van der Waals surface area contributed by atoms with Gasteiger partial charge >= 0.3 is 6.09 Å². The minimum absolute atomic E-state index is 0.249. The summed E-state index contributed by atoms with van der Waals surface area (Å²) in [4.78, 5) is 12.4. The van der Waals surface area contributed by atoms with Gasteiger partial charge in [0.1, 0.15) is 0 Å². The number of carbonyl (C=O) groups is 1. The molecule has 96 valence electrons. The summed E-state index contributed by atoms with van der Waals surface area (Å²) in [5, 5.41) is 9.01. The van der Waals surface area contributed by atoms with Gasteiger partial charge in [0.2, 0.25) is 0 Å². The van der Waals surface area contributed by atoms with Gasteiger partial charge in [-0.3, -0.25) is 0 Å². The van der Waals surface area contributed by atoms with Gasteiger partial charge in [-0.15, -0.1) is 0 Å². The molecular weight excluding hydrogens is 230 g/mol. The second-order valence-corrected chi connectivity index (χ2v) is 5.02. The van der Waals surface area contributed by atoms with Crippen LogP contribution in [0.2, 0.25) is 0 Å². The predicted molar refractivity (Wildman–Crippen MR) is 66.6 cm³/mol. The molecule has 1 N–H and O–H groups in total. The van der Waals surface area contributed by atoms with Crippen molar-refractivity contribution in [3.8, 4) is 0 Å². The first-order valence-electron chi connectivity index (χ1n) is 6.41. The van der Waals surface area contributed by atoms with Crippen LogP contribution in [-0.2, 0) is 16.8 Å². The Morgan fingerprint density at radius 3 is 2.72 bits per heavy atom. The van der Waals surface area contributed by atoms with Gasteiger partial charge in [0, 0.05) is 13.1 Å². The molecule has 4 nitrogen and oxygen atoms in total. The number of rotatable bonds is 0. The molecule has 0 bridgehead atoms. The van der Waals surface area contributed by atoms with E-state index in [0.29, 0.717) is 13.1 Å². The van der Waals surface area contributed by atoms with Crippen molar-refractivity contribution in [2.24, 2.45) is 0 Å². The van der Waals surface area contributed by atoms with Gasteiger partial charge in [-0.2, -0.15) is 0 Å². The molecular formula is C14H17NO3. The van der Waals surface area contributed by atoms with E-state index in [1.54, 1.807) is 0 Å². The van der Waals surface area contributed by atoms with Crippen molar-refractivity contribution in [2.75, 3.05) is 19.7 Å². The number of likely N-dealkylation sites (tertiary alicyclic amines) is 1. The molecule has 0 aromatic heterocycles. The summed E-state index contributed by atoms with van der Waals surface area (Å²) in [7, 11) is 0. The Morgan fingerprint density at radius 2 is 2.00 bits per heavy atom. The van der Waals surface area contributed by atoms with E-state index in [1.165, 1.54) is 16.0 Å². The first-order chi connectivity index (χ1) is 8.71. The van der Waals surface area contributed by atoms with E-state index >= 15 is 0 Å². The molecule has 2 heterocycles. The Labute approximate surface area is 106 Å². The van der Waals surface area contributed by atoms with Crippen molar-refractivity contribution in [2.45, 2.75) is 24.9 Å². The Bertz CT molecular complexity index is 464. The van der Waals surface area contributed by atoms with Crippen LogP contribution in [0.15, 0.2) is 24.3 Å². The largest absolute Gasteiger partial charge is 0.465 e. The van der Waals surface area contributed by atoms with Crippen LogP contribution in [0.1, 0.15) is 24.0 Å². The van der Waals surface area contributed by atoms with E-state index in [9.17, 15) is 4.79 Å². The first-order valence-corrected chi connectivity index (χ1v) is 6.41. The molecule has 2 aliphatic heterocycles. The van der Waals surface area contributed by atoms with Crippen LogP contribution in [0.5, 0.6) is 0 Å². The Kier molecular flexibility index (Phi) is 2.74. The average Bonchev–Trinajstić information content (AvgIpc) is 2.40. The second kappa shape index (κ2) is 4.28. The summed E-state index contributed by atoms with van der Waals surface area (Å²) in [6.45, 7) is 1.86. The van der Waals surface area contributed by atoms with Crippen molar-refractivity contribution in [1.82, 2.24) is 4.90 Å². The Hall–Kier alpha value is -1.55. The van der Waals surface area contributed by atoms with Gasteiger partial charge in [0.05, 0.1) is 12.2 Å². The molecule has 1 aromatic carbocycles. The van der Waals surface area contributed by atoms with E-state index in [0.717, 1.165) is 25.9 Å². The van der Waals surface area contributed by atoms with Crippen LogP contribution < -0.4 is 0 Å². The number of fused-ring (bicyclic) bond motifs is 2. The molecule has 2 aliphatic rings. The number of benzene rings is 1. The highest BCUT2D eigenvalue weighted by molar-refractivity contribution is 5.65. The maximum atomic E-state index is 11.0. The minimum Gasteiger partial charge on any atom is -0.465 e. The summed E-state index contributed by atoms with van der Waals surface area (Å²) in [6, 6.07) is 8.39. The standard InChI is InChI=1S/C14H17NO3/c16-13(17)15-8-6-14(7-9-15)12-4-2-1-3-11(12)5-10-18-14/h1-4H,5-10H2,(H,16,17). The van der Waals surface area contributed by atoms with Gasteiger partial charge in [-0.05, 0) is 30.4 Å². The van der Waals surface area contributed by atoms with Crippen molar-refractivity contribution >= 4 is 6.09 Å². The summed E-state index contributed by atoms with van der Waals surface area (Å²) in [5.41, 5.74) is 2.37. The number of carboxylic acid groups (broad SMARTS) is 1. The molecule has 3 rings (SSSR count). The normalized spacial score (nSPS) is 21.7. The summed E-state index contributed by atoms with van der Waals surface area (Å²) >= 11 is 0. The van der Waals surface area contributed by atoms with Gasteiger partial charge in [-0.25, -0.2) is 4.79 Å². The smallest absolute Gasteiger partial charge is 0.407 e. The topological polar surface area (TPSA) is 49.8 Å². The van der Waals surface area contributed by atoms with E-state index in [-0.39, 0.29) is 5.60 Å². The van der Waals surface area contributed by atoms with Gasteiger partial charge in [-0.1, -0.05) is 24.3 Å². The van der Waals surface area contributed by atoms with Crippen molar-refractivity contribution < 1.29 is 14.6 Å². The minimum atomic E-state index is -0.825. The summed E-state index contributed by atoms with van der Waals surface area (Å²) in [5.74, 6) is 0. The molecule has 0 saturated carbocycles. The third kappa shape index (κ3) is 1.77. The lowest BCUT2D eigenvalue weighted by molar-refractivity contribution is -0.0943. The maximum Gasteiger partial charge on any atom is 0.407 e. The van der Waals surface area contributed by atoms with Gasteiger partial charge < -0.3 is 14.7 Å². The van der Waals surface area contributed by atoms with E-state index in [2.05, 4.69) is 18.2 Å². The summed E-state index contributed by atoms with van der Waals surface area (Å²) in [6.07, 6.45) is 1.65. The van der Waals surface area contributed by atoms with Crippen molar-refractivity contribution in [3.63, 3.8) is 0 Å². The fourth-order valence-electron chi connectivity index (χ4n) is 3.09. The number of hydrogen-bond donors (Lipinski definition) is 1.